The number of hydrogen-bond acceptors (Lipinski definition) is 5. The molecule has 0 saturated carbocycles. The summed E-state index contributed by atoms with van der Waals surface area (Å²) in [5, 5.41) is 22.3. The van der Waals surface area contributed by atoms with Gasteiger partial charge in [-0.15, -0.1) is 0 Å². The number of carboxylic acids is 2. The van der Waals surface area contributed by atoms with Crippen LogP contribution in [0.3, 0.4) is 0 Å². The number of aromatic nitrogens is 4. The summed E-state index contributed by atoms with van der Waals surface area (Å²) in [6.07, 6.45) is 5.63. The van der Waals surface area contributed by atoms with Gasteiger partial charge in [-0.05, 0) is 0 Å². The van der Waals surface area contributed by atoms with E-state index in [9.17, 15) is 14.7 Å². The molecule has 1 aliphatic rings. The number of carboxylic acid groups (broad SMARTS) is 2. The first-order valence-electron chi connectivity index (χ1n) is 7.26. The van der Waals surface area contributed by atoms with Crippen LogP contribution in [-0.2, 0) is 29.1 Å². The lowest BCUT2D eigenvalue weighted by atomic mass is 10.0. The zero-order chi connectivity index (χ0) is 16.4. The number of nitrogens with zero attached hydrogens (tertiary/aromatic N) is 4. The molecule has 1 aliphatic heterocycles. The van der Waals surface area contributed by atoms with Gasteiger partial charge in [0.1, 0.15) is 0 Å². The second kappa shape index (κ2) is 6.21. The van der Waals surface area contributed by atoms with E-state index >= 15 is 0 Å². The minimum Gasteiger partial charge on any atom is -0.481 e. The first kappa shape index (κ1) is 15.2. The largest absolute Gasteiger partial charge is 0.481 e. The van der Waals surface area contributed by atoms with Crippen LogP contribution < -0.4 is 0 Å². The molecule has 0 aromatic carbocycles. The molecule has 122 valence electrons. The Morgan fingerprint density at radius 2 is 2.22 bits per heavy atom. The van der Waals surface area contributed by atoms with Gasteiger partial charge >= 0.3 is 11.9 Å². The van der Waals surface area contributed by atoms with Crippen molar-refractivity contribution in [3.63, 3.8) is 0 Å². The van der Waals surface area contributed by atoms with E-state index in [2.05, 4.69) is 15.1 Å². The van der Waals surface area contributed by atoms with Crippen molar-refractivity contribution in [3.05, 3.63) is 35.7 Å². The molecule has 23 heavy (non-hydrogen) atoms. The second-order valence-corrected chi connectivity index (χ2v) is 5.48. The average Bonchev–Trinajstić information content (AvgIpc) is 3.13. The number of hydrogen-bond donors (Lipinski definition) is 3. The van der Waals surface area contributed by atoms with Gasteiger partial charge in [0.2, 0.25) is 0 Å². The van der Waals surface area contributed by atoms with Crippen molar-refractivity contribution in [2.75, 3.05) is 6.54 Å². The highest BCUT2D eigenvalue weighted by Crippen LogP contribution is 2.28. The summed E-state index contributed by atoms with van der Waals surface area (Å²) < 4.78 is 1.56. The van der Waals surface area contributed by atoms with Crippen LogP contribution in [0.5, 0.6) is 0 Å². The predicted octanol–water partition coefficient (Wildman–Crippen LogP) is 0.265. The fraction of sp³-hybridized carbons (Fsp3) is 0.429. The molecule has 0 unspecified atom stereocenters. The highest BCUT2D eigenvalue weighted by molar-refractivity contribution is 5.75. The molecule has 0 saturated heterocycles. The van der Waals surface area contributed by atoms with Crippen LogP contribution in [0.2, 0.25) is 0 Å². The van der Waals surface area contributed by atoms with Gasteiger partial charge in [-0.3, -0.25) is 19.2 Å². The summed E-state index contributed by atoms with van der Waals surface area (Å²) in [6.45, 7) is 1.32. The average molecular weight is 319 g/mol. The van der Waals surface area contributed by atoms with Crippen molar-refractivity contribution in [3.8, 4) is 0 Å². The van der Waals surface area contributed by atoms with Crippen LogP contribution >= 0.6 is 0 Å². The lowest BCUT2D eigenvalue weighted by Gasteiger charge is -2.31. The maximum atomic E-state index is 11.6. The number of H-pyrrole nitrogens is 1. The molecule has 3 N–H and O–H groups in total. The molecule has 9 nitrogen and oxygen atoms in total. The lowest BCUT2D eigenvalue weighted by Crippen LogP contribution is -2.39. The van der Waals surface area contributed by atoms with Crippen LogP contribution in [0, 0.1) is 0 Å². The van der Waals surface area contributed by atoms with Gasteiger partial charge in [-0.25, -0.2) is 4.98 Å². The van der Waals surface area contributed by atoms with Crippen LogP contribution in [0.1, 0.15) is 29.4 Å². The molecule has 0 amide bonds. The van der Waals surface area contributed by atoms with E-state index in [-0.39, 0.29) is 6.42 Å². The molecule has 0 radical (unpaired) electrons. The van der Waals surface area contributed by atoms with Crippen molar-refractivity contribution in [2.24, 2.45) is 0 Å². The number of aliphatic carboxylic acids is 2. The molecule has 9 heteroatoms. The fourth-order valence-electron chi connectivity index (χ4n) is 2.82. The Morgan fingerprint density at radius 1 is 1.39 bits per heavy atom. The second-order valence-electron chi connectivity index (χ2n) is 5.48. The SMILES string of the molecule is O=C(O)CCn1cc(CN2CCc3[nH]cnc3[C@H]2C(=O)O)cn1. The molecule has 3 heterocycles. The zero-order valence-corrected chi connectivity index (χ0v) is 12.3. The summed E-state index contributed by atoms with van der Waals surface area (Å²) in [5.41, 5.74) is 2.27. The van der Waals surface area contributed by atoms with E-state index in [1.165, 1.54) is 6.33 Å². The Kier molecular flexibility index (Phi) is 4.11. The third kappa shape index (κ3) is 3.24. The van der Waals surface area contributed by atoms with Crippen molar-refractivity contribution in [1.29, 1.82) is 0 Å². The monoisotopic (exact) mass is 319 g/mol. The van der Waals surface area contributed by atoms with Crippen molar-refractivity contribution < 1.29 is 19.8 Å². The number of aromatic amines is 1. The van der Waals surface area contributed by atoms with Crippen LogP contribution in [0.25, 0.3) is 0 Å². The number of carbonyl (C=O) groups is 2. The molecular weight excluding hydrogens is 302 g/mol. The Bertz CT molecular complexity index is 722. The molecule has 0 bridgehead atoms. The van der Waals surface area contributed by atoms with Crippen molar-refractivity contribution >= 4 is 11.9 Å². The molecule has 0 spiro atoms. The number of nitrogens with one attached hydrogen (secondary N) is 1. The highest BCUT2D eigenvalue weighted by Gasteiger charge is 2.35. The van der Waals surface area contributed by atoms with Crippen LogP contribution in [0.4, 0.5) is 0 Å². The van der Waals surface area contributed by atoms with E-state index < -0.39 is 18.0 Å². The van der Waals surface area contributed by atoms with Crippen LogP contribution in [0.15, 0.2) is 18.7 Å². The molecule has 0 aliphatic carbocycles. The summed E-state index contributed by atoms with van der Waals surface area (Å²) in [4.78, 5) is 31.2. The Labute approximate surface area is 131 Å². The maximum absolute atomic E-state index is 11.6. The van der Waals surface area contributed by atoms with E-state index in [1.807, 2.05) is 4.90 Å². The molecule has 2 aromatic heterocycles. The van der Waals surface area contributed by atoms with E-state index in [0.717, 1.165) is 11.3 Å². The Balaban J connectivity index is 1.72. The smallest absolute Gasteiger partial charge is 0.327 e. The Morgan fingerprint density at radius 3 is 2.96 bits per heavy atom. The van der Waals surface area contributed by atoms with Gasteiger partial charge in [0.15, 0.2) is 6.04 Å². The predicted molar refractivity (Wildman–Crippen MR) is 77.6 cm³/mol. The molecular formula is C14H17N5O4. The topological polar surface area (TPSA) is 124 Å². The summed E-state index contributed by atoms with van der Waals surface area (Å²) in [7, 11) is 0. The minimum atomic E-state index is -0.934. The number of imidazole rings is 1. The standard InChI is InChI=1S/C14H17N5O4/c20-11(21)2-4-19-7-9(5-17-19)6-18-3-1-10-12(16-8-15-10)13(18)14(22)23/h5,7-8,13H,1-4,6H2,(H,15,16)(H,20,21)(H,22,23)/t13-/m0/s1. The molecule has 2 aromatic rings. The van der Waals surface area contributed by atoms with E-state index in [4.69, 9.17) is 5.11 Å². The quantitative estimate of drug-likeness (QED) is 0.697. The summed E-state index contributed by atoms with van der Waals surface area (Å²) in [5.74, 6) is -1.81. The first-order chi connectivity index (χ1) is 11.0. The highest BCUT2D eigenvalue weighted by atomic mass is 16.4. The number of fused-ring (bicyclic) bond motifs is 1. The molecule has 0 fully saturated rings. The zero-order valence-electron chi connectivity index (χ0n) is 12.3. The number of rotatable bonds is 6. The van der Waals surface area contributed by atoms with Gasteiger partial charge in [-0.2, -0.15) is 5.10 Å². The van der Waals surface area contributed by atoms with Gasteiger partial charge < -0.3 is 15.2 Å². The van der Waals surface area contributed by atoms with Crippen molar-refractivity contribution in [1.82, 2.24) is 24.6 Å². The normalized spacial score (nSPS) is 17.8. The molecule has 1 atom stereocenters. The Hall–Kier alpha value is -2.68. The van der Waals surface area contributed by atoms with E-state index in [0.29, 0.717) is 31.7 Å². The first-order valence-corrected chi connectivity index (χ1v) is 7.26. The third-order valence-corrected chi connectivity index (χ3v) is 3.89. The van der Waals surface area contributed by atoms with Gasteiger partial charge in [0.25, 0.3) is 0 Å². The van der Waals surface area contributed by atoms with Gasteiger partial charge in [0, 0.05) is 37.0 Å². The number of aryl methyl sites for hydroxylation is 1. The maximum Gasteiger partial charge on any atom is 0.327 e. The lowest BCUT2D eigenvalue weighted by molar-refractivity contribution is -0.144. The van der Waals surface area contributed by atoms with Gasteiger partial charge in [-0.1, -0.05) is 0 Å². The minimum absolute atomic E-state index is 0.000779. The molecule has 3 rings (SSSR count). The van der Waals surface area contributed by atoms with Gasteiger partial charge in [0.05, 0.1) is 31.2 Å². The van der Waals surface area contributed by atoms with Crippen molar-refractivity contribution in [2.45, 2.75) is 32.0 Å². The fourth-order valence-corrected chi connectivity index (χ4v) is 2.82. The van der Waals surface area contributed by atoms with Crippen LogP contribution in [-0.4, -0.2) is 53.3 Å². The summed E-state index contributed by atoms with van der Waals surface area (Å²) in [6, 6.07) is -0.785. The van der Waals surface area contributed by atoms with E-state index in [1.54, 1.807) is 17.1 Å². The third-order valence-electron chi connectivity index (χ3n) is 3.89. The summed E-state index contributed by atoms with van der Waals surface area (Å²) >= 11 is 0.